The number of thiazole rings is 1. The molecule has 0 spiro atoms. The quantitative estimate of drug-likeness (QED) is 0.558. The highest BCUT2D eigenvalue weighted by molar-refractivity contribution is 7.22. The number of hydrogen-bond donors (Lipinski definition) is 2. The maximum absolute atomic E-state index is 12.0. The number of amides is 1. The number of hydrazone groups is 1. The van der Waals surface area contributed by atoms with Gasteiger partial charge in [-0.25, -0.2) is 10.4 Å². The Bertz CT molecular complexity index is 798. The molecule has 0 saturated carbocycles. The van der Waals surface area contributed by atoms with Gasteiger partial charge in [0.05, 0.1) is 16.4 Å². The van der Waals surface area contributed by atoms with Crippen molar-refractivity contribution in [2.45, 2.75) is 13.0 Å². The summed E-state index contributed by atoms with van der Waals surface area (Å²) in [4.78, 5) is 20.4. The summed E-state index contributed by atoms with van der Waals surface area (Å²) in [5.74, 6) is -0.227. The molecule has 7 heteroatoms. The van der Waals surface area contributed by atoms with Crippen molar-refractivity contribution in [2.75, 3.05) is 5.32 Å². The second-order valence-corrected chi connectivity index (χ2v) is 5.90. The Morgan fingerprint density at radius 2 is 2.04 bits per heavy atom. The third-order valence-electron chi connectivity index (χ3n) is 3.12. The van der Waals surface area contributed by atoms with Crippen LogP contribution in [-0.2, 0) is 4.79 Å². The van der Waals surface area contributed by atoms with Crippen molar-refractivity contribution >= 4 is 38.8 Å². The third kappa shape index (κ3) is 3.89. The van der Waals surface area contributed by atoms with Gasteiger partial charge in [0.15, 0.2) is 5.13 Å². The van der Waals surface area contributed by atoms with Gasteiger partial charge < -0.3 is 5.32 Å². The van der Waals surface area contributed by atoms with Crippen LogP contribution in [0, 0.1) is 0 Å². The lowest BCUT2D eigenvalue weighted by Crippen LogP contribution is -2.34. The van der Waals surface area contributed by atoms with Gasteiger partial charge in [0, 0.05) is 12.4 Å². The monoisotopic (exact) mass is 325 g/mol. The smallest absolute Gasteiger partial charge is 0.262 e. The topological polar surface area (TPSA) is 79.3 Å². The molecular weight excluding hydrogens is 310 g/mol. The minimum absolute atomic E-state index is 0.227. The van der Waals surface area contributed by atoms with E-state index in [2.05, 4.69) is 25.8 Å². The number of carbonyl (C=O) groups is 1. The summed E-state index contributed by atoms with van der Waals surface area (Å²) >= 11 is 1.52. The number of rotatable bonds is 5. The first-order valence-electron chi connectivity index (χ1n) is 7.07. The van der Waals surface area contributed by atoms with Gasteiger partial charge in [-0.2, -0.15) is 5.10 Å². The van der Waals surface area contributed by atoms with E-state index >= 15 is 0 Å². The maximum atomic E-state index is 12.0. The second kappa shape index (κ2) is 6.97. The molecule has 6 nitrogen and oxygen atoms in total. The predicted octanol–water partition coefficient (Wildman–Crippen LogP) is 2.64. The van der Waals surface area contributed by atoms with E-state index in [0.717, 1.165) is 15.8 Å². The van der Waals surface area contributed by atoms with Crippen LogP contribution >= 0.6 is 11.3 Å². The van der Waals surface area contributed by atoms with Gasteiger partial charge in [0.2, 0.25) is 0 Å². The van der Waals surface area contributed by atoms with Crippen LogP contribution < -0.4 is 10.7 Å². The van der Waals surface area contributed by atoms with E-state index in [1.165, 1.54) is 11.3 Å². The lowest BCUT2D eigenvalue weighted by atomic mass is 10.3. The summed E-state index contributed by atoms with van der Waals surface area (Å²) in [6.45, 7) is 1.77. The van der Waals surface area contributed by atoms with Crippen LogP contribution in [0.25, 0.3) is 10.2 Å². The van der Waals surface area contributed by atoms with Crippen LogP contribution in [0.4, 0.5) is 5.13 Å². The van der Waals surface area contributed by atoms with E-state index in [1.807, 2.05) is 24.3 Å². The summed E-state index contributed by atoms with van der Waals surface area (Å²) < 4.78 is 1.08. The highest BCUT2D eigenvalue weighted by atomic mass is 32.1. The molecule has 0 aliphatic heterocycles. The Hall–Kier alpha value is -2.80. The Kier molecular flexibility index (Phi) is 4.58. The zero-order chi connectivity index (χ0) is 16.1. The van der Waals surface area contributed by atoms with Crippen molar-refractivity contribution in [3.8, 4) is 0 Å². The third-order valence-corrected chi connectivity index (χ3v) is 4.09. The number of hydrogen-bond acceptors (Lipinski definition) is 6. The number of aromatic nitrogens is 2. The van der Waals surface area contributed by atoms with Crippen LogP contribution in [0.15, 0.2) is 53.9 Å². The number of nitrogens with zero attached hydrogens (tertiary/aromatic N) is 3. The first-order chi connectivity index (χ1) is 11.2. The molecule has 1 aromatic carbocycles. The standard InChI is InChI=1S/C16H15N5OS/c1-11(15(22)21-18-10-12-6-8-17-9-7-12)19-16-20-13-4-2-3-5-14(13)23-16/h2-11H,1H3,(H,19,20)(H,21,22)/b18-10-/t11-/m1/s1. The summed E-state index contributed by atoms with van der Waals surface area (Å²) in [6.07, 6.45) is 4.91. The van der Waals surface area contributed by atoms with Crippen LogP contribution in [0.5, 0.6) is 0 Å². The Labute approximate surface area is 137 Å². The maximum Gasteiger partial charge on any atom is 0.262 e. The molecule has 0 radical (unpaired) electrons. The molecule has 2 N–H and O–H groups in total. The summed E-state index contributed by atoms with van der Waals surface area (Å²) in [5, 5.41) is 7.74. The van der Waals surface area contributed by atoms with Crippen LogP contribution in [0.1, 0.15) is 12.5 Å². The average Bonchev–Trinajstić information content (AvgIpc) is 2.98. The number of pyridine rings is 1. The molecule has 0 aliphatic rings. The van der Waals surface area contributed by atoms with E-state index in [0.29, 0.717) is 5.13 Å². The van der Waals surface area contributed by atoms with Gasteiger partial charge in [-0.3, -0.25) is 9.78 Å². The van der Waals surface area contributed by atoms with Crippen LogP contribution in [0.2, 0.25) is 0 Å². The SMILES string of the molecule is C[C@@H](Nc1nc2ccccc2s1)C(=O)N/N=C\c1ccncc1. The van der Waals surface area contributed by atoms with Crippen molar-refractivity contribution in [1.29, 1.82) is 0 Å². The molecule has 0 aliphatic carbocycles. The molecule has 116 valence electrons. The summed E-state index contributed by atoms with van der Waals surface area (Å²) in [6, 6.07) is 11.0. The zero-order valence-corrected chi connectivity index (χ0v) is 13.2. The molecule has 3 rings (SSSR count). The lowest BCUT2D eigenvalue weighted by Gasteiger charge is -2.10. The van der Waals surface area contributed by atoms with E-state index in [4.69, 9.17) is 0 Å². The molecule has 1 amide bonds. The molecule has 2 heterocycles. The minimum atomic E-state index is -0.440. The van der Waals surface area contributed by atoms with Crippen LogP contribution in [0.3, 0.4) is 0 Å². The van der Waals surface area contributed by atoms with E-state index in [9.17, 15) is 4.79 Å². The first-order valence-corrected chi connectivity index (χ1v) is 7.89. The summed E-state index contributed by atoms with van der Waals surface area (Å²) in [7, 11) is 0. The van der Waals surface area contributed by atoms with E-state index < -0.39 is 6.04 Å². The normalized spacial score (nSPS) is 12.4. The predicted molar refractivity (Wildman–Crippen MR) is 92.7 cm³/mol. The Morgan fingerprint density at radius 1 is 1.26 bits per heavy atom. The Morgan fingerprint density at radius 3 is 2.83 bits per heavy atom. The highest BCUT2D eigenvalue weighted by Gasteiger charge is 2.13. The first kappa shape index (κ1) is 15.1. The van der Waals surface area contributed by atoms with Gasteiger partial charge in [0.25, 0.3) is 5.91 Å². The van der Waals surface area contributed by atoms with Crippen molar-refractivity contribution in [3.63, 3.8) is 0 Å². The summed E-state index contributed by atoms with van der Waals surface area (Å²) in [5.41, 5.74) is 4.30. The fourth-order valence-electron chi connectivity index (χ4n) is 1.90. The largest absolute Gasteiger partial charge is 0.350 e. The Balaban J connectivity index is 1.58. The molecule has 0 unspecified atom stereocenters. The minimum Gasteiger partial charge on any atom is -0.350 e. The van der Waals surface area contributed by atoms with E-state index in [-0.39, 0.29) is 5.91 Å². The number of para-hydroxylation sites is 1. The zero-order valence-electron chi connectivity index (χ0n) is 12.4. The van der Waals surface area contributed by atoms with E-state index in [1.54, 1.807) is 37.7 Å². The molecule has 0 fully saturated rings. The van der Waals surface area contributed by atoms with Gasteiger partial charge in [-0.15, -0.1) is 0 Å². The molecule has 2 aromatic heterocycles. The lowest BCUT2D eigenvalue weighted by molar-refractivity contribution is -0.121. The second-order valence-electron chi connectivity index (χ2n) is 4.87. The average molecular weight is 325 g/mol. The molecule has 1 atom stereocenters. The van der Waals surface area contributed by atoms with Gasteiger partial charge >= 0.3 is 0 Å². The fraction of sp³-hybridized carbons (Fsp3) is 0.125. The number of benzene rings is 1. The van der Waals surface area contributed by atoms with Gasteiger partial charge in [-0.05, 0) is 36.8 Å². The number of nitrogens with one attached hydrogen (secondary N) is 2. The van der Waals surface area contributed by atoms with Crippen molar-refractivity contribution in [2.24, 2.45) is 5.10 Å². The molecule has 0 bridgehead atoms. The molecule has 23 heavy (non-hydrogen) atoms. The fourth-order valence-corrected chi connectivity index (χ4v) is 2.85. The molecule has 3 aromatic rings. The number of anilines is 1. The van der Waals surface area contributed by atoms with Gasteiger partial charge in [-0.1, -0.05) is 23.5 Å². The van der Waals surface area contributed by atoms with Crippen molar-refractivity contribution < 1.29 is 4.79 Å². The number of fused-ring (bicyclic) bond motifs is 1. The molecular formula is C16H15N5OS. The van der Waals surface area contributed by atoms with Crippen molar-refractivity contribution in [3.05, 3.63) is 54.4 Å². The van der Waals surface area contributed by atoms with Gasteiger partial charge in [0.1, 0.15) is 6.04 Å². The van der Waals surface area contributed by atoms with Crippen LogP contribution in [-0.4, -0.2) is 28.1 Å². The number of carbonyl (C=O) groups excluding carboxylic acids is 1. The van der Waals surface area contributed by atoms with Crippen molar-refractivity contribution in [1.82, 2.24) is 15.4 Å². The molecule has 0 saturated heterocycles. The highest BCUT2D eigenvalue weighted by Crippen LogP contribution is 2.25.